The highest BCUT2D eigenvalue weighted by Crippen LogP contribution is 2.21. The van der Waals surface area contributed by atoms with Crippen LogP contribution in [0.25, 0.3) is 0 Å². The van der Waals surface area contributed by atoms with E-state index in [1.54, 1.807) is 12.1 Å². The number of nitrogens with zero attached hydrogens (tertiary/aromatic N) is 1. The molecule has 5 heteroatoms. The predicted octanol–water partition coefficient (Wildman–Crippen LogP) is 1.72. The summed E-state index contributed by atoms with van der Waals surface area (Å²) in [6.07, 6.45) is 2.39. The molecule has 0 bridgehead atoms. The van der Waals surface area contributed by atoms with Crippen molar-refractivity contribution in [2.24, 2.45) is 5.92 Å². The molecule has 0 spiro atoms. The summed E-state index contributed by atoms with van der Waals surface area (Å²) in [5, 5.41) is 12.4. The van der Waals surface area contributed by atoms with Crippen molar-refractivity contribution in [3.63, 3.8) is 0 Å². The number of anilines is 2. The average molecular weight is 263 g/mol. The highest BCUT2D eigenvalue weighted by atomic mass is 16.4. The molecule has 1 saturated heterocycles. The van der Waals surface area contributed by atoms with Crippen molar-refractivity contribution in [1.82, 2.24) is 4.90 Å². The molecule has 104 valence electrons. The van der Waals surface area contributed by atoms with E-state index in [9.17, 15) is 4.79 Å². The minimum atomic E-state index is -0.949. The number of aromatic carboxylic acids is 1. The predicted molar refractivity (Wildman–Crippen MR) is 76.5 cm³/mol. The largest absolute Gasteiger partial charge is 0.478 e. The average Bonchev–Trinajstić information content (AvgIpc) is 2.37. The van der Waals surface area contributed by atoms with E-state index in [0.29, 0.717) is 17.3 Å². The quantitative estimate of drug-likeness (QED) is 0.721. The van der Waals surface area contributed by atoms with Crippen LogP contribution < -0.4 is 11.1 Å². The zero-order valence-electron chi connectivity index (χ0n) is 11.2. The first-order chi connectivity index (χ1) is 9.06. The summed E-state index contributed by atoms with van der Waals surface area (Å²) >= 11 is 0. The third kappa shape index (κ3) is 3.61. The Labute approximate surface area is 113 Å². The summed E-state index contributed by atoms with van der Waals surface area (Å²) in [6.45, 7) is 3.01. The molecule has 19 heavy (non-hydrogen) atoms. The second-order valence-electron chi connectivity index (χ2n) is 5.26. The molecule has 0 radical (unpaired) electrons. The molecule has 0 amide bonds. The zero-order chi connectivity index (χ0) is 13.8. The molecule has 0 aliphatic carbocycles. The molecular formula is C14H21N3O2. The molecule has 1 aromatic rings. The van der Waals surface area contributed by atoms with Crippen LogP contribution in [-0.4, -0.2) is 42.7 Å². The van der Waals surface area contributed by atoms with E-state index in [0.717, 1.165) is 19.6 Å². The van der Waals surface area contributed by atoms with Gasteiger partial charge in [-0.05, 0) is 50.6 Å². The van der Waals surface area contributed by atoms with Gasteiger partial charge in [-0.15, -0.1) is 0 Å². The van der Waals surface area contributed by atoms with Gasteiger partial charge in [0.1, 0.15) is 0 Å². The molecule has 0 saturated carbocycles. The molecule has 1 unspecified atom stereocenters. The van der Waals surface area contributed by atoms with Crippen LogP contribution in [0, 0.1) is 5.92 Å². The maximum absolute atomic E-state index is 11.2. The van der Waals surface area contributed by atoms with Gasteiger partial charge in [0.2, 0.25) is 0 Å². The number of nitrogens with one attached hydrogen (secondary N) is 1. The van der Waals surface area contributed by atoms with Crippen molar-refractivity contribution in [3.05, 3.63) is 23.8 Å². The molecule has 5 nitrogen and oxygen atoms in total. The Bertz CT molecular complexity index is 462. The summed E-state index contributed by atoms with van der Waals surface area (Å²) in [7, 11) is 2.12. The number of carboxylic acids is 1. The number of rotatable bonds is 4. The Kier molecular flexibility index (Phi) is 4.27. The summed E-state index contributed by atoms with van der Waals surface area (Å²) in [6, 6.07) is 4.96. The Morgan fingerprint density at radius 2 is 2.37 bits per heavy atom. The van der Waals surface area contributed by atoms with E-state index in [1.807, 2.05) is 0 Å². The van der Waals surface area contributed by atoms with Crippen LogP contribution in [0.15, 0.2) is 18.2 Å². The first-order valence-electron chi connectivity index (χ1n) is 6.61. The van der Waals surface area contributed by atoms with Gasteiger partial charge in [-0.3, -0.25) is 0 Å². The number of nitrogens with two attached hydrogens (primary N) is 1. The maximum atomic E-state index is 11.2. The van der Waals surface area contributed by atoms with E-state index in [-0.39, 0.29) is 5.56 Å². The van der Waals surface area contributed by atoms with Crippen LogP contribution in [-0.2, 0) is 0 Å². The van der Waals surface area contributed by atoms with Crippen LogP contribution >= 0.6 is 0 Å². The van der Waals surface area contributed by atoms with Gasteiger partial charge in [-0.1, -0.05) is 0 Å². The lowest BCUT2D eigenvalue weighted by Gasteiger charge is -2.30. The monoisotopic (exact) mass is 263 g/mol. The van der Waals surface area contributed by atoms with Gasteiger partial charge in [0.25, 0.3) is 0 Å². The maximum Gasteiger partial charge on any atom is 0.337 e. The fraction of sp³-hybridized carbons (Fsp3) is 0.500. The normalized spacial score (nSPS) is 20.2. The van der Waals surface area contributed by atoms with E-state index in [4.69, 9.17) is 10.8 Å². The molecular weight excluding hydrogens is 242 g/mol. The van der Waals surface area contributed by atoms with Crippen molar-refractivity contribution in [2.75, 3.05) is 37.7 Å². The molecule has 1 aliphatic heterocycles. The highest BCUT2D eigenvalue weighted by molar-refractivity contribution is 5.95. The van der Waals surface area contributed by atoms with E-state index >= 15 is 0 Å². The van der Waals surface area contributed by atoms with E-state index in [1.165, 1.54) is 18.9 Å². The summed E-state index contributed by atoms with van der Waals surface area (Å²) in [4.78, 5) is 13.5. The number of nitrogen functional groups attached to an aromatic ring is 1. The number of hydrogen-bond acceptors (Lipinski definition) is 4. The Balaban J connectivity index is 2.01. The molecule has 4 N–H and O–H groups in total. The van der Waals surface area contributed by atoms with Gasteiger partial charge in [-0.2, -0.15) is 0 Å². The minimum absolute atomic E-state index is 0.240. The van der Waals surface area contributed by atoms with Crippen LogP contribution in [0.5, 0.6) is 0 Å². The van der Waals surface area contributed by atoms with Crippen LogP contribution in [0.2, 0.25) is 0 Å². The van der Waals surface area contributed by atoms with Crippen molar-refractivity contribution >= 4 is 17.3 Å². The first kappa shape index (κ1) is 13.7. The number of carboxylic acid groups (broad SMARTS) is 1. The number of hydrogen-bond donors (Lipinski definition) is 3. The minimum Gasteiger partial charge on any atom is -0.478 e. The third-order valence-corrected chi connectivity index (χ3v) is 3.58. The summed E-state index contributed by atoms with van der Waals surface area (Å²) in [5.41, 5.74) is 6.99. The molecule has 1 aromatic carbocycles. The lowest BCUT2D eigenvalue weighted by molar-refractivity contribution is 0.0698. The molecule has 0 aromatic heterocycles. The van der Waals surface area contributed by atoms with Crippen molar-refractivity contribution in [1.29, 1.82) is 0 Å². The molecule has 1 atom stereocenters. The van der Waals surface area contributed by atoms with Gasteiger partial charge in [-0.25, -0.2) is 4.79 Å². The number of carbonyl (C=O) groups is 1. The summed E-state index contributed by atoms with van der Waals surface area (Å²) in [5.74, 6) is -0.381. The van der Waals surface area contributed by atoms with Gasteiger partial charge in [0.05, 0.1) is 5.56 Å². The van der Waals surface area contributed by atoms with Crippen molar-refractivity contribution < 1.29 is 9.90 Å². The molecule has 1 fully saturated rings. The number of benzene rings is 1. The lowest BCUT2D eigenvalue weighted by Crippen LogP contribution is -2.35. The first-order valence-corrected chi connectivity index (χ1v) is 6.61. The Morgan fingerprint density at radius 1 is 1.58 bits per heavy atom. The molecule has 2 rings (SSSR count). The van der Waals surface area contributed by atoms with Gasteiger partial charge < -0.3 is 21.1 Å². The van der Waals surface area contributed by atoms with Crippen LogP contribution in [0.3, 0.4) is 0 Å². The standard InChI is InChI=1S/C14H21N3O2/c1-17-6-2-3-10(9-17)8-16-13-5-4-11(15)7-12(13)14(18)19/h4-5,7,10,16H,2-3,6,8-9,15H2,1H3,(H,18,19). The lowest BCUT2D eigenvalue weighted by atomic mass is 9.98. The summed E-state index contributed by atoms with van der Waals surface area (Å²) < 4.78 is 0. The second-order valence-corrected chi connectivity index (χ2v) is 5.26. The van der Waals surface area contributed by atoms with Crippen molar-refractivity contribution in [3.8, 4) is 0 Å². The van der Waals surface area contributed by atoms with E-state index in [2.05, 4.69) is 17.3 Å². The van der Waals surface area contributed by atoms with Gasteiger partial charge in [0.15, 0.2) is 0 Å². The second kappa shape index (κ2) is 5.93. The Morgan fingerprint density at radius 3 is 3.05 bits per heavy atom. The molecule has 1 heterocycles. The smallest absolute Gasteiger partial charge is 0.337 e. The molecule has 1 aliphatic rings. The van der Waals surface area contributed by atoms with Gasteiger partial charge >= 0.3 is 5.97 Å². The van der Waals surface area contributed by atoms with Crippen molar-refractivity contribution in [2.45, 2.75) is 12.8 Å². The third-order valence-electron chi connectivity index (χ3n) is 3.58. The van der Waals surface area contributed by atoms with E-state index < -0.39 is 5.97 Å². The fourth-order valence-corrected chi connectivity index (χ4v) is 2.59. The number of piperidine rings is 1. The zero-order valence-corrected chi connectivity index (χ0v) is 11.2. The van der Waals surface area contributed by atoms with Crippen LogP contribution in [0.1, 0.15) is 23.2 Å². The SMILES string of the molecule is CN1CCCC(CNc2ccc(N)cc2C(=O)O)C1. The van der Waals surface area contributed by atoms with Gasteiger partial charge in [0, 0.05) is 24.5 Å². The fourth-order valence-electron chi connectivity index (χ4n) is 2.59. The Hall–Kier alpha value is -1.75. The topological polar surface area (TPSA) is 78.6 Å². The van der Waals surface area contributed by atoms with Crippen LogP contribution in [0.4, 0.5) is 11.4 Å². The number of likely N-dealkylation sites (tertiary alicyclic amines) is 1. The highest BCUT2D eigenvalue weighted by Gasteiger charge is 2.18.